The van der Waals surface area contributed by atoms with E-state index in [0.717, 1.165) is 11.1 Å². The molecule has 0 saturated carbocycles. The zero-order valence-corrected chi connectivity index (χ0v) is 17.7. The van der Waals surface area contributed by atoms with Crippen LogP contribution in [0.15, 0.2) is 72.8 Å². The van der Waals surface area contributed by atoms with Gasteiger partial charge in [-0.25, -0.2) is 0 Å². The molecule has 158 valence electrons. The number of ether oxygens (including phenoxy) is 1. The van der Waals surface area contributed by atoms with Crippen LogP contribution in [0.25, 0.3) is 0 Å². The van der Waals surface area contributed by atoms with Crippen molar-refractivity contribution in [2.24, 2.45) is 0 Å². The maximum atomic E-state index is 13.3. The summed E-state index contributed by atoms with van der Waals surface area (Å²) >= 11 is 0. The van der Waals surface area contributed by atoms with Crippen molar-refractivity contribution in [2.45, 2.75) is 25.9 Å². The maximum Gasteiger partial charge on any atom is 0.264 e. The van der Waals surface area contributed by atoms with Crippen LogP contribution >= 0.6 is 0 Å². The number of rotatable bonds is 7. The number of benzene rings is 3. The average Bonchev–Trinajstić information content (AvgIpc) is 2.98. The number of carbonyl (C=O) groups is 2. The fourth-order valence-corrected chi connectivity index (χ4v) is 4.03. The standard InChI is InChI=1S/C26H25NO4/c1-18-12-13-19(2)21(16-18)24(28)17-26(30)22-10-6-7-11-23(22)27(25(26)29)14-15-31-20-8-4-3-5-9-20/h3-13,16,30H,14-15,17H2,1-2H3. The fourth-order valence-electron chi connectivity index (χ4n) is 4.03. The van der Waals surface area contributed by atoms with Crippen LogP contribution in [0.2, 0.25) is 0 Å². The van der Waals surface area contributed by atoms with Crippen molar-refractivity contribution < 1.29 is 19.4 Å². The van der Waals surface area contributed by atoms with Gasteiger partial charge in [-0.1, -0.05) is 54.1 Å². The van der Waals surface area contributed by atoms with Crippen LogP contribution in [-0.4, -0.2) is 29.9 Å². The summed E-state index contributed by atoms with van der Waals surface area (Å²) < 4.78 is 5.74. The van der Waals surface area contributed by atoms with Crippen molar-refractivity contribution in [3.63, 3.8) is 0 Å². The Morgan fingerprint density at radius 3 is 2.48 bits per heavy atom. The molecule has 3 aromatic carbocycles. The summed E-state index contributed by atoms with van der Waals surface area (Å²) in [4.78, 5) is 27.9. The molecule has 0 fully saturated rings. The number of hydrogen-bond donors (Lipinski definition) is 1. The summed E-state index contributed by atoms with van der Waals surface area (Å²) in [5, 5.41) is 11.4. The van der Waals surface area contributed by atoms with Crippen molar-refractivity contribution in [1.82, 2.24) is 0 Å². The Labute approximate surface area is 181 Å². The van der Waals surface area contributed by atoms with E-state index in [9.17, 15) is 14.7 Å². The summed E-state index contributed by atoms with van der Waals surface area (Å²) in [6.07, 6.45) is -0.302. The molecule has 1 atom stereocenters. The van der Waals surface area contributed by atoms with Crippen molar-refractivity contribution in [1.29, 1.82) is 0 Å². The molecule has 5 heteroatoms. The van der Waals surface area contributed by atoms with Crippen LogP contribution in [-0.2, 0) is 10.4 Å². The minimum absolute atomic E-state index is 0.255. The first kappa shape index (κ1) is 20.8. The number of para-hydroxylation sites is 2. The second-order valence-corrected chi connectivity index (χ2v) is 7.91. The average molecular weight is 415 g/mol. The molecule has 1 N–H and O–H groups in total. The molecule has 1 aliphatic heterocycles. The van der Waals surface area contributed by atoms with Crippen molar-refractivity contribution in [3.8, 4) is 5.75 Å². The number of nitrogens with zero attached hydrogens (tertiary/aromatic N) is 1. The summed E-state index contributed by atoms with van der Waals surface area (Å²) in [7, 11) is 0. The molecular weight excluding hydrogens is 390 g/mol. The van der Waals surface area contributed by atoms with Gasteiger partial charge in [0, 0.05) is 11.1 Å². The van der Waals surface area contributed by atoms with Gasteiger partial charge in [0.15, 0.2) is 11.4 Å². The van der Waals surface area contributed by atoms with Gasteiger partial charge in [0.05, 0.1) is 18.7 Å². The van der Waals surface area contributed by atoms with E-state index < -0.39 is 11.5 Å². The third-order valence-corrected chi connectivity index (χ3v) is 5.68. The van der Waals surface area contributed by atoms with Gasteiger partial charge in [-0.15, -0.1) is 0 Å². The zero-order valence-electron chi connectivity index (χ0n) is 17.7. The molecule has 0 spiro atoms. The van der Waals surface area contributed by atoms with Gasteiger partial charge in [-0.05, 0) is 43.7 Å². The minimum atomic E-state index is -1.89. The molecule has 3 aromatic rings. The lowest BCUT2D eigenvalue weighted by Gasteiger charge is -2.23. The van der Waals surface area contributed by atoms with E-state index in [1.54, 1.807) is 24.3 Å². The molecule has 31 heavy (non-hydrogen) atoms. The number of ketones is 1. The fraction of sp³-hybridized carbons (Fsp3) is 0.231. The highest BCUT2D eigenvalue weighted by molar-refractivity contribution is 6.11. The van der Waals surface area contributed by atoms with Crippen molar-refractivity contribution >= 4 is 17.4 Å². The van der Waals surface area contributed by atoms with Gasteiger partial charge in [-0.2, -0.15) is 0 Å². The van der Waals surface area contributed by atoms with E-state index in [1.165, 1.54) is 4.90 Å². The molecule has 4 rings (SSSR count). The predicted molar refractivity (Wildman–Crippen MR) is 119 cm³/mol. The monoisotopic (exact) mass is 415 g/mol. The molecular formula is C26H25NO4. The van der Waals surface area contributed by atoms with E-state index in [-0.39, 0.29) is 25.4 Å². The first-order chi connectivity index (χ1) is 14.9. The Morgan fingerprint density at radius 1 is 1.00 bits per heavy atom. The Balaban J connectivity index is 1.57. The van der Waals surface area contributed by atoms with Gasteiger partial charge in [0.2, 0.25) is 0 Å². The highest BCUT2D eigenvalue weighted by atomic mass is 16.5. The smallest absolute Gasteiger partial charge is 0.264 e. The lowest BCUT2D eigenvalue weighted by Crippen LogP contribution is -2.43. The number of anilines is 1. The Bertz CT molecular complexity index is 1130. The van der Waals surface area contributed by atoms with E-state index >= 15 is 0 Å². The van der Waals surface area contributed by atoms with Crippen LogP contribution in [0.1, 0.15) is 33.5 Å². The molecule has 1 amide bonds. The molecule has 1 aliphatic rings. The van der Waals surface area contributed by atoms with Gasteiger partial charge in [0.1, 0.15) is 12.4 Å². The topological polar surface area (TPSA) is 66.8 Å². The number of amides is 1. The van der Waals surface area contributed by atoms with Gasteiger partial charge >= 0.3 is 0 Å². The second kappa shape index (κ2) is 8.36. The van der Waals surface area contributed by atoms with Crippen molar-refractivity contribution in [3.05, 3.63) is 95.1 Å². The molecule has 1 unspecified atom stereocenters. The molecule has 0 aromatic heterocycles. The first-order valence-corrected chi connectivity index (χ1v) is 10.3. The first-order valence-electron chi connectivity index (χ1n) is 10.3. The molecule has 0 bridgehead atoms. The number of hydrogen-bond acceptors (Lipinski definition) is 4. The third-order valence-electron chi connectivity index (χ3n) is 5.68. The largest absolute Gasteiger partial charge is 0.492 e. The summed E-state index contributed by atoms with van der Waals surface area (Å²) in [5.74, 6) is -0.0407. The number of aliphatic hydroxyl groups is 1. The Hall–Kier alpha value is -3.44. The maximum absolute atomic E-state index is 13.3. The van der Waals surface area contributed by atoms with Crippen LogP contribution < -0.4 is 9.64 Å². The van der Waals surface area contributed by atoms with Gasteiger partial charge in [-0.3, -0.25) is 9.59 Å². The Kier molecular flexibility index (Phi) is 5.61. The van der Waals surface area contributed by atoms with Crippen molar-refractivity contribution in [2.75, 3.05) is 18.1 Å². The van der Waals surface area contributed by atoms with Crippen LogP contribution in [0.5, 0.6) is 5.75 Å². The highest BCUT2D eigenvalue weighted by Gasteiger charge is 2.50. The van der Waals surface area contributed by atoms with Gasteiger partial charge < -0.3 is 14.7 Å². The summed E-state index contributed by atoms with van der Waals surface area (Å²) in [5.41, 5.74) is 1.49. The summed E-state index contributed by atoms with van der Waals surface area (Å²) in [6, 6.07) is 22.1. The predicted octanol–water partition coefficient (Wildman–Crippen LogP) is 4.19. The van der Waals surface area contributed by atoms with Crippen LogP contribution in [0.3, 0.4) is 0 Å². The van der Waals surface area contributed by atoms with E-state index in [2.05, 4.69) is 0 Å². The van der Waals surface area contributed by atoms with E-state index in [4.69, 9.17) is 4.74 Å². The Morgan fingerprint density at radius 2 is 1.71 bits per heavy atom. The van der Waals surface area contributed by atoms with Gasteiger partial charge in [0.25, 0.3) is 5.91 Å². The molecule has 1 heterocycles. The third kappa shape index (κ3) is 3.97. The van der Waals surface area contributed by atoms with Crippen LogP contribution in [0, 0.1) is 13.8 Å². The number of aryl methyl sites for hydroxylation is 2. The SMILES string of the molecule is Cc1ccc(C)c(C(=O)CC2(O)C(=O)N(CCOc3ccccc3)c3ccccc32)c1. The highest BCUT2D eigenvalue weighted by Crippen LogP contribution is 2.42. The lowest BCUT2D eigenvalue weighted by molar-refractivity contribution is -0.135. The van der Waals surface area contributed by atoms with E-state index in [1.807, 2.05) is 62.4 Å². The van der Waals surface area contributed by atoms with Crippen LogP contribution in [0.4, 0.5) is 5.69 Å². The number of carbonyl (C=O) groups excluding carboxylic acids is 2. The number of Topliss-reactive ketones (excluding diaryl/α,β-unsaturated/α-hetero) is 1. The molecule has 0 aliphatic carbocycles. The normalized spacial score (nSPS) is 17.5. The zero-order chi connectivity index (χ0) is 22.0. The quantitative estimate of drug-likeness (QED) is 0.588. The molecule has 0 radical (unpaired) electrons. The second-order valence-electron chi connectivity index (χ2n) is 7.91. The number of fused-ring (bicyclic) bond motifs is 1. The van der Waals surface area contributed by atoms with E-state index in [0.29, 0.717) is 22.6 Å². The molecule has 0 saturated heterocycles. The summed E-state index contributed by atoms with van der Waals surface area (Å²) in [6.45, 7) is 4.31. The molecule has 5 nitrogen and oxygen atoms in total. The lowest BCUT2D eigenvalue weighted by atomic mass is 9.87. The minimum Gasteiger partial charge on any atom is -0.492 e.